The number of thioether (sulfide) groups is 1. The van der Waals surface area contributed by atoms with Crippen LogP contribution in [-0.4, -0.2) is 29.6 Å². The van der Waals surface area contributed by atoms with E-state index in [0.29, 0.717) is 18.1 Å². The first-order valence-corrected chi connectivity index (χ1v) is 11.2. The second kappa shape index (κ2) is 11.1. The Kier molecular flexibility index (Phi) is 9.14. The van der Waals surface area contributed by atoms with Gasteiger partial charge in [-0.3, -0.25) is 9.59 Å². The zero-order valence-electron chi connectivity index (χ0n) is 15.8. The number of carbonyl (C=O) groups is 2. The van der Waals surface area contributed by atoms with E-state index in [9.17, 15) is 9.59 Å². The minimum absolute atomic E-state index is 0.0783. The highest BCUT2D eigenvalue weighted by Gasteiger charge is 2.45. The molecule has 1 aliphatic heterocycles. The third-order valence-corrected chi connectivity index (χ3v) is 7.29. The maximum Gasteiger partial charge on any atom is 0.305 e. The van der Waals surface area contributed by atoms with Gasteiger partial charge < -0.3 is 10.1 Å². The standard InChI is InChI=1S/C20H35NO3S/c1-24-19(23)14-9-7-5-3-2-4-6-8-12-17-13-10-11-15-20(17)21-18(22)16-25-20/h17H,2-16H2,1H3,(H,21,22). The fourth-order valence-corrected chi connectivity index (χ4v) is 5.68. The first kappa shape index (κ1) is 20.6. The van der Waals surface area contributed by atoms with Gasteiger partial charge in [-0.1, -0.05) is 57.8 Å². The molecule has 2 rings (SSSR count). The van der Waals surface area contributed by atoms with Gasteiger partial charge in [0.1, 0.15) is 0 Å². The molecule has 1 heterocycles. The first-order chi connectivity index (χ1) is 12.2. The minimum atomic E-state index is -0.0860. The van der Waals surface area contributed by atoms with Gasteiger partial charge in [-0.15, -0.1) is 11.8 Å². The number of amides is 1. The zero-order chi connectivity index (χ0) is 18.0. The van der Waals surface area contributed by atoms with Crippen LogP contribution in [0.3, 0.4) is 0 Å². The molecule has 1 spiro atoms. The zero-order valence-corrected chi connectivity index (χ0v) is 16.6. The van der Waals surface area contributed by atoms with E-state index in [1.807, 2.05) is 11.8 Å². The van der Waals surface area contributed by atoms with Gasteiger partial charge >= 0.3 is 5.97 Å². The van der Waals surface area contributed by atoms with E-state index in [1.165, 1.54) is 77.7 Å². The van der Waals surface area contributed by atoms with Crippen LogP contribution in [0.15, 0.2) is 0 Å². The van der Waals surface area contributed by atoms with E-state index < -0.39 is 0 Å². The summed E-state index contributed by atoms with van der Waals surface area (Å²) in [6, 6.07) is 0. The third kappa shape index (κ3) is 6.84. The molecule has 2 aliphatic rings. The summed E-state index contributed by atoms with van der Waals surface area (Å²) in [6.45, 7) is 0. The number of hydrogen-bond donors (Lipinski definition) is 1. The number of hydrogen-bond acceptors (Lipinski definition) is 4. The minimum Gasteiger partial charge on any atom is -0.469 e. The number of nitrogens with one attached hydrogen (secondary N) is 1. The molecule has 1 saturated heterocycles. The van der Waals surface area contributed by atoms with Gasteiger partial charge in [0.25, 0.3) is 0 Å². The summed E-state index contributed by atoms with van der Waals surface area (Å²) >= 11 is 1.87. The first-order valence-electron chi connectivity index (χ1n) is 10.2. The lowest BCUT2D eigenvalue weighted by molar-refractivity contribution is -0.140. The summed E-state index contributed by atoms with van der Waals surface area (Å²) < 4.78 is 4.65. The molecule has 5 heteroatoms. The second-order valence-corrected chi connectivity index (χ2v) is 8.92. The average Bonchev–Trinajstić information content (AvgIpc) is 2.99. The molecule has 2 atom stereocenters. The number of carbonyl (C=O) groups excluding carboxylic acids is 2. The smallest absolute Gasteiger partial charge is 0.305 e. The summed E-state index contributed by atoms with van der Waals surface area (Å²) in [5.41, 5.74) is 0. The SMILES string of the molecule is COC(=O)CCCCCCCCCCC1CCCCC12NC(=O)CS2. The summed E-state index contributed by atoms with van der Waals surface area (Å²) in [5.74, 6) is 1.49. The normalized spacial score (nSPS) is 26.0. The Morgan fingerprint density at radius 1 is 1.12 bits per heavy atom. The van der Waals surface area contributed by atoms with E-state index in [0.717, 1.165) is 12.8 Å². The molecule has 2 fully saturated rings. The topological polar surface area (TPSA) is 55.4 Å². The van der Waals surface area contributed by atoms with Crippen molar-refractivity contribution in [3.8, 4) is 0 Å². The molecular formula is C20H35NO3S. The second-order valence-electron chi connectivity index (χ2n) is 7.61. The highest BCUT2D eigenvalue weighted by molar-refractivity contribution is 8.01. The largest absolute Gasteiger partial charge is 0.469 e. The molecule has 0 aromatic heterocycles. The Morgan fingerprint density at radius 3 is 2.44 bits per heavy atom. The summed E-state index contributed by atoms with van der Waals surface area (Å²) in [5, 5.41) is 3.30. The maximum atomic E-state index is 11.7. The number of unbranched alkanes of at least 4 members (excludes halogenated alkanes) is 7. The Hall–Kier alpha value is -0.710. The van der Waals surface area contributed by atoms with Gasteiger partial charge in [0.05, 0.1) is 17.7 Å². The van der Waals surface area contributed by atoms with Crippen molar-refractivity contribution in [3.05, 3.63) is 0 Å². The maximum absolute atomic E-state index is 11.7. The van der Waals surface area contributed by atoms with Crippen LogP contribution in [0.2, 0.25) is 0 Å². The fourth-order valence-electron chi connectivity index (χ4n) is 4.27. The molecule has 2 unspecified atom stereocenters. The van der Waals surface area contributed by atoms with E-state index in [4.69, 9.17) is 0 Å². The van der Waals surface area contributed by atoms with E-state index >= 15 is 0 Å². The van der Waals surface area contributed by atoms with Crippen LogP contribution in [0, 0.1) is 5.92 Å². The van der Waals surface area contributed by atoms with Gasteiger partial charge in [0, 0.05) is 6.42 Å². The molecule has 4 nitrogen and oxygen atoms in total. The van der Waals surface area contributed by atoms with Crippen molar-refractivity contribution in [1.29, 1.82) is 0 Å². The number of methoxy groups -OCH3 is 1. The van der Waals surface area contributed by atoms with Crippen molar-refractivity contribution in [2.24, 2.45) is 5.92 Å². The lowest BCUT2D eigenvalue weighted by atomic mass is 9.80. The van der Waals surface area contributed by atoms with Crippen LogP contribution in [0.5, 0.6) is 0 Å². The Morgan fingerprint density at radius 2 is 1.80 bits per heavy atom. The van der Waals surface area contributed by atoms with Gasteiger partial charge in [-0.2, -0.15) is 0 Å². The molecule has 1 amide bonds. The van der Waals surface area contributed by atoms with Crippen molar-refractivity contribution in [1.82, 2.24) is 5.32 Å². The van der Waals surface area contributed by atoms with Crippen LogP contribution >= 0.6 is 11.8 Å². The molecule has 144 valence electrons. The summed E-state index contributed by atoms with van der Waals surface area (Å²) in [6.07, 6.45) is 16.7. The molecule has 1 N–H and O–H groups in total. The Bertz CT molecular complexity index is 429. The molecule has 0 radical (unpaired) electrons. The molecule has 25 heavy (non-hydrogen) atoms. The van der Waals surface area contributed by atoms with Gasteiger partial charge in [0.15, 0.2) is 0 Å². The van der Waals surface area contributed by atoms with Crippen LogP contribution < -0.4 is 5.32 Å². The average molecular weight is 370 g/mol. The lowest BCUT2D eigenvalue weighted by Crippen LogP contribution is -2.48. The molecule has 0 aromatic rings. The lowest BCUT2D eigenvalue weighted by Gasteiger charge is -2.40. The van der Waals surface area contributed by atoms with E-state index in [1.54, 1.807) is 0 Å². The van der Waals surface area contributed by atoms with Gasteiger partial charge in [0.2, 0.25) is 5.91 Å². The predicted octanol–water partition coefficient (Wildman–Crippen LogP) is 4.81. The number of ether oxygens (including phenoxy) is 1. The molecule has 0 aromatic carbocycles. The van der Waals surface area contributed by atoms with Crippen LogP contribution in [-0.2, 0) is 14.3 Å². The highest BCUT2D eigenvalue weighted by atomic mass is 32.2. The van der Waals surface area contributed by atoms with Gasteiger partial charge in [-0.05, 0) is 31.6 Å². The van der Waals surface area contributed by atoms with Crippen LogP contribution in [0.25, 0.3) is 0 Å². The van der Waals surface area contributed by atoms with E-state index in [2.05, 4.69) is 10.1 Å². The molecule has 1 aliphatic carbocycles. The van der Waals surface area contributed by atoms with Crippen LogP contribution in [0.4, 0.5) is 0 Å². The van der Waals surface area contributed by atoms with Crippen molar-refractivity contribution in [2.75, 3.05) is 12.9 Å². The van der Waals surface area contributed by atoms with E-state index in [-0.39, 0.29) is 16.7 Å². The van der Waals surface area contributed by atoms with Crippen molar-refractivity contribution >= 4 is 23.6 Å². The Labute approximate surface area is 157 Å². The monoisotopic (exact) mass is 369 g/mol. The van der Waals surface area contributed by atoms with Crippen LogP contribution in [0.1, 0.15) is 89.9 Å². The van der Waals surface area contributed by atoms with Gasteiger partial charge in [-0.25, -0.2) is 0 Å². The van der Waals surface area contributed by atoms with Crippen molar-refractivity contribution in [3.63, 3.8) is 0 Å². The fraction of sp³-hybridized carbons (Fsp3) is 0.900. The summed E-state index contributed by atoms with van der Waals surface area (Å²) in [7, 11) is 1.46. The molecular weight excluding hydrogens is 334 g/mol. The van der Waals surface area contributed by atoms with Crippen molar-refractivity contribution < 1.29 is 14.3 Å². The number of esters is 1. The highest BCUT2D eigenvalue weighted by Crippen LogP contribution is 2.46. The molecule has 1 saturated carbocycles. The van der Waals surface area contributed by atoms with Crippen molar-refractivity contribution in [2.45, 2.75) is 94.8 Å². The third-order valence-electron chi connectivity index (χ3n) is 5.73. The predicted molar refractivity (Wildman–Crippen MR) is 103 cm³/mol. The quantitative estimate of drug-likeness (QED) is 0.419. The number of rotatable bonds is 11. The summed E-state index contributed by atoms with van der Waals surface area (Å²) in [4.78, 5) is 22.8. The molecule has 0 bridgehead atoms. The Balaban J connectivity index is 1.48.